The number of halogens is 1. The van der Waals surface area contributed by atoms with Gasteiger partial charge in [0.25, 0.3) is 0 Å². The molecule has 1 aliphatic heterocycles. The number of nitrogens with zero attached hydrogens (tertiary/aromatic N) is 3. The third kappa shape index (κ3) is 4.92. The van der Waals surface area contributed by atoms with Crippen LogP contribution in [-0.4, -0.2) is 55.0 Å². The standard InChI is InChI=1S/C22H29FN4O3/c1-15(2)24-22(28)27(13-16-3-4-16)14-19-20(17-5-7-18(23)8-6-17)25-30-21(19)26-9-11-29-12-10-26/h5-8,15-16H,3-4,9-14H2,1-2H3,(H,24,28). The zero-order chi connectivity index (χ0) is 21.1. The fourth-order valence-corrected chi connectivity index (χ4v) is 3.65. The minimum atomic E-state index is -0.302. The van der Waals surface area contributed by atoms with Crippen LogP contribution in [0.1, 0.15) is 32.3 Å². The van der Waals surface area contributed by atoms with Crippen molar-refractivity contribution in [2.24, 2.45) is 5.92 Å². The van der Waals surface area contributed by atoms with Crippen LogP contribution in [-0.2, 0) is 11.3 Å². The molecule has 2 fully saturated rings. The fourth-order valence-electron chi connectivity index (χ4n) is 3.65. The summed E-state index contributed by atoms with van der Waals surface area (Å²) >= 11 is 0. The Hall–Kier alpha value is -2.61. The highest BCUT2D eigenvalue weighted by molar-refractivity contribution is 5.76. The van der Waals surface area contributed by atoms with E-state index in [0.29, 0.717) is 56.9 Å². The van der Waals surface area contributed by atoms with E-state index in [9.17, 15) is 9.18 Å². The highest BCUT2D eigenvalue weighted by Gasteiger charge is 2.31. The Morgan fingerprint density at radius 2 is 1.97 bits per heavy atom. The van der Waals surface area contributed by atoms with Crippen LogP contribution in [0.25, 0.3) is 11.3 Å². The summed E-state index contributed by atoms with van der Waals surface area (Å²) in [6, 6.07) is 6.18. The number of carbonyl (C=O) groups is 1. The Bertz CT molecular complexity index is 858. The van der Waals surface area contributed by atoms with Crippen LogP contribution in [0.3, 0.4) is 0 Å². The Labute approximate surface area is 176 Å². The van der Waals surface area contributed by atoms with Gasteiger partial charge in [-0.05, 0) is 56.9 Å². The van der Waals surface area contributed by atoms with Crippen molar-refractivity contribution in [3.05, 3.63) is 35.6 Å². The summed E-state index contributed by atoms with van der Waals surface area (Å²) in [7, 11) is 0. The summed E-state index contributed by atoms with van der Waals surface area (Å²) in [4.78, 5) is 16.9. The van der Waals surface area contributed by atoms with Gasteiger partial charge < -0.3 is 24.4 Å². The summed E-state index contributed by atoms with van der Waals surface area (Å²) < 4.78 is 24.7. The Kier molecular flexibility index (Phi) is 6.22. The van der Waals surface area contributed by atoms with E-state index in [2.05, 4.69) is 15.4 Å². The molecule has 1 aromatic carbocycles. The first-order chi connectivity index (χ1) is 14.5. The summed E-state index contributed by atoms with van der Waals surface area (Å²) in [5, 5.41) is 7.33. The number of anilines is 1. The molecule has 30 heavy (non-hydrogen) atoms. The van der Waals surface area contributed by atoms with Crippen molar-refractivity contribution in [3.8, 4) is 11.3 Å². The van der Waals surface area contributed by atoms with E-state index in [1.807, 2.05) is 18.7 Å². The van der Waals surface area contributed by atoms with Crippen LogP contribution in [0.4, 0.5) is 15.1 Å². The third-order valence-corrected chi connectivity index (χ3v) is 5.41. The van der Waals surface area contributed by atoms with Gasteiger partial charge in [-0.2, -0.15) is 0 Å². The highest BCUT2D eigenvalue weighted by atomic mass is 19.1. The first kappa shape index (κ1) is 20.7. The summed E-state index contributed by atoms with van der Waals surface area (Å²) in [5.74, 6) is 0.906. The van der Waals surface area contributed by atoms with Gasteiger partial charge in [-0.15, -0.1) is 0 Å². The molecule has 0 spiro atoms. The quantitative estimate of drug-likeness (QED) is 0.746. The SMILES string of the molecule is CC(C)NC(=O)N(Cc1c(-c2ccc(F)cc2)noc1N1CCOCC1)CC1CC1. The smallest absolute Gasteiger partial charge is 0.317 e. The number of hydrogen-bond acceptors (Lipinski definition) is 5. The van der Waals surface area contributed by atoms with E-state index in [1.165, 1.54) is 12.1 Å². The van der Waals surface area contributed by atoms with Gasteiger partial charge >= 0.3 is 6.03 Å². The van der Waals surface area contributed by atoms with Gasteiger partial charge in [0.1, 0.15) is 11.5 Å². The van der Waals surface area contributed by atoms with Gasteiger partial charge in [0, 0.05) is 31.2 Å². The van der Waals surface area contributed by atoms with Crippen molar-refractivity contribution in [2.75, 3.05) is 37.7 Å². The number of amides is 2. The minimum Gasteiger partial charge on any atom is -0.378 e. The van der Waals surface area contributed by atoms with Gasteiger partial charge in [0.05, 0.1) is 25.3 Å². The van der Waals surface area contributed by atoms with Crippen molar-refractivity contribution in [2.45, 2.75) is 39.3 Å². The van der Waals surface area contributed by atoms with Crippen LogP contribution in [0.2, 0.25) is 0 Å². The molecular weight excluding hydrogens is 387 g/mol. The van der Waals surface area contributed by atoms with E-state index in [0.717, 1.165) is 24.0 Å². The molecule has 4 rings (SSSR count). The summed E-state index contributed by atoms with van der Waals surface area (Å²) in [6.07, 6.45) is 2.30. The van der Waals surface area contributed by atoms with E-state index < -0.39 is 0 Å². The average Bonchev–Trinajstić information content (AvgIpc) is 3.46. The highest BCUT2D eigenvalue weighted by Crippen LogP contribution is 2.35. The van der Waals surface area contributed by atoms with Gasteiger partial charge in [-0.3, -0.25) is 0 Å². The van der Waals surface area contributed by atoms with E-state index in [1.54, 1.807) is 12.1 Å². The molecule has 0 radical (unpaired) electrons. The first-order valence-corrected chi connectivity index (χ1v) is 10.6. The second kappa shape index (κ2) is 9.04. The molecule has 1 saturated heterocycles. The van der Waals surface area contributed by atoms with Crippen molar-refractivity contribution in [3.63, 3.8) is 0 Å². The number of nitrogens with one attached hydrogen (secondary N) is 1. The molecule has 1 aromatic heterocycles. The maximum atomic E-state index is 13.5. The molecule has 0 unspecified atom stereocenters. The lowest BCUT2D eigenvalue weighted by Crippen LogP contribution is -2.44. The molecule has 2 aromatic rings. The molecule has 1 saturated carbocycles. The molecule has 0 bridgehead atoms. The maximum Gasteiger partial charge on any atom is 0.317 e. The first-order valence-electron chi connectivity index (χ1n) is 10.6. The molecule has 0 atom stereocenters. The predicted octanol–water partition coefficient (Wildman–Crippen LogP) is 3.65. The van der Waals surface area contributed by atoms with Crippen molar-refractivity contribution >= 4 is 11.9 Å². The average molecular weight is 416 g/mol. The molecule has 162 valence electrons. The summed E-state index contributed by atoms with van der Waals surface area (Å²) in [5.41, 5.74) is 2.27. The molecule has 7 nitrogen and oxygen atoms in total. The number of rotatable bonds is 7. The molecule has 8 heteroatoms. The number of aromatic nitrogens is 1. The molecule has 1 aliphatic carbocycles. The number of ether oxygens (including phenoxy) is 1. The Morgan fingerprint density at radius 1 is 1.27 bits per heavy atom. The Morgan fingerprint density at radius 3 is 2.60 bits per heavy atom. The number of hydrogen-bond donors (Lipinski definition) is 1. The van der Waals surface area contributed by atoms with Crippen LogP contribution in [0, 0.1) is 11.7 Å². The second-order valence-corrected chi connectivity index (χ2v) is 8.35. The van der Waals surface area contributed by atoms with E-state index >= 15 is 0 Å². The fraction of sp³-hybridized carbons (Fsp3) is 0.545. The number of carbonyl (C=O) groups excluding carboxylic acids is 1. The number of urea groups is 1. The lowest BCUT2D eigenvalue weighted by Gasteiger charge is -2.29. The van der Waals surface area contributed by atoms with Crippen LogP contribution in [0.15, 0.2) is 28.8 Å². The van der Waals surface area contributed by atoms with Crippen LogP contribution >= 0.6 is 0 Å². The third-order valence-electron chi connectivity index (χ3n) is 5.41. The molecule has 2 aliphatic rings. The molecule has 1 N–H and O–H groups in total. The maximum absolute atomic E-state index is 13.5. The Balaban J connectivity index is 1.67. The normalized spacial score (nSPS) is 16.7. The number of benzene rings is 1. The molecule has 2 amide bonds. The number of morpholine rings is 1. The van der Waals surface area contributed by atoms with Gasteiger partial charge in [0.15, 0.2) is 0 Å². The lowest BCUT2D eigenvalue weighted by atomic mass is 10.1. The van der Waals surface area contributed by atoms with Crippen molar-refractivity contribution in [1.82, 2.24) is 15.4 Å². The summed E-state index contributed by atoms with van der Waals surface area (Å²) in [6.45, 7) is 7.63. The lowest BCUT2D eigenvalue weighted by molar-refractivity contribution is 0.120. The van der Waals surface area contributed by atoms with Gasteiger partial charge in [-0.1, -0.05) is 5.16 Å². The van der Waals surface area contributed by atoms with E-state index in [4.69, 9.17) is 9.26 Å². The van der Waals surface area contributed by atoms with Crippen LogP contribution < -0.4 is 10.2 Å². The largest absolute Gasteiger partial charge is 0.378 e. The zero-order valence-electron chi connectivity index (χ0n) is 17.6. The van der Waals surface area contributed by atoms with Gasteiger partial charge in [-0.25, -0.2) is 9.18 Å². The van der Waals surface area contributed by atoms with E-state index in [-0.39, 0.29) is 17.9 Å². The predicted molar refractivity (Wildman–Crippen MR) is 112 cm³/mol. The monoisotopic (exact) mass is 416 g/mol. The molecule has 2 heterocycles. The van der Waals surface area contributed by atoms with Crippen LogP contribution in [0.5, 0.6) is 0 Å². The second-order valence-electron chi connectivity index (χ2n) is 8.35. The van der Waals surface area contributed by atoms with Crippen molar-refractivity contribution in [1.29, 1.82) is 0 Å². The minimum absolute atomic E-state index is 0.0527. The molecular formula is C22H29FN4O3. The van der Waals surface area contributed by atoms with Gasteiger partial charge in [0.2, 0.25) is 5.88 Å². The van der Waals surface area contributed by atoms with Crippen molar-refractivity contribution < 1.29 is 18.4 Å². The zero-order valence-corrected chi connectivity index (χ0v) is 17.6. The topological polar surface area (TPSA) is 70.8 Å².